The molecule has 0 radical (unpaired) electrons. The molecule has 6 unspecified atom stereocenters. The van der Waals surface area contributed by atoms with Crippen molar-refractivity contribution in [3.05, 3.63) is 12.2 Å². The molecule has 1 N–H and O–H groups in total. The molecule has 0 amide bonds. The quantitative estimate of drug-likeness (QED) is 0.719. The number of aliphatic hydroxyl groups excluding tert-OH is 1. The molecule has 6 atom stereocenters. The van der Waals surface area contributed by atoms with E-state index < -0.39 is 0 Å². The average molecular weight is 224 g/mol. The van der Waals surface area contributed by atoms with E-state index in [0.717, 1.165) is 11.8 Å². The number of hydrogen-bond donors (Lipinski definition) is 1. The van der Waals surface area contributed by atoms with E-state index in [1.165, 1.54) is 12.8 Å². The summed E-state index contributed by atoms with van der Waals surface area (Å²) in [5, 5.41) is 9.73. The molecule has 0 fully saturated rings. The Morgan fingerprint density at radius 3 is 2.44 bits per heavy atom. The second-order valence-electron chi connectivity index (χ2n) is 5.72. The van der Waals surface area contributed by atoms with Gasteiger partial charge in [0.25, 0.3) is 0 Å². The number of aliphatic hydroxyl groups is 1. The molecular formula is C15H28O. The van der Waals surface area contributed by atoms with Gasteiger partial charge in [-0.25, -0.2) is 0 Å². The minimum atomic E-state index is -0.186. The van der Waals surface area contributed by atoms with Crippen molar-refractivity contribution in [3.8, 4) is 0 Å². The van der Waals surface area contributed by atoms with Gasteiger partial charge in [0.1, 0.15) is 0 Å². The van der Waals surface area contributed by atoms with Crippen molar-refractivity contribution in [1.29, 1.82) is 0 Å². The number of hydrogen-bond acceptors (Lipinski definition) is 1. The molecule has 0 bridgehead atoms. The monoisotopic (exact) mass is 224 g/mol. The van der Waals surface area contributed by atoms with E-state index in [2.05, 4.69) is 39.8 Å². The maximum absolute atomic E-state index is 9.73. The van der Waals surface area contributed by atoms with Crippen LogP contribution in [0.4, 0.5) is 0 Å². The Bertz CT molecular complexity index is 232. The summed E-state index contributed by atoms with van der Waals surface area (Å²) in [5.41, 5.74) is 0. The normalized spacial score (nSPS) is 35.8. The predicted octanol–water partition coefficient (Wildman–Crippen LogP) is 3.88. The summed E-state index contributed by atoms with van der Waals surface area (Å²) in [6, 6.07) is 0. The molecule has 0 aromatic rings. The van der Waals surface area contributed by atoms with Crippen LogP contribution in [0, 0.1) is 29.6 Å². The zero-order valence-electron chi connectivity index (χ0n) is 11.5. The molecule has 1 aliphatic carbocycles. The summed E-state index contributed by atoms with van der Waals surface area (Å²) in [4.78, 5) is 0. The van der Waals surface area contributed by atoms with Crippen LogP contribution in [0.3, 0.4) is 0 Å². The first-order chi connectivity index (χ1) is 7.49. The summed E-state index contributed by atoms with van der Waals surface area (Å²) < 4.78 is 0. The fourth-order valence-electron chi connectivity index (χ4n) is 3.27. The van der Waals surface area contributed by atoms with Gasteiger partial charge in [0.15, 0.2) is 0 Å². The Morgan fingerprint density at radius 1 is 1.31 bits per heavy atom. The van der Waals surface area contributed by atoms with Crippen molar-refractivity contribution in [1.82, 2.24) is 0 Å². The van der Waals surface area contributed by atoms with E-state index in [0.29, 0.717) is 17.8 Å². The van der Waals surface area contributed by atoms with E-state index in [9.17, 15) is 5.11 Å². The molecule has 0 saturated heterocycles. The van der Waals surface area contributed by atoms with E-state index in [1.807, 2.05) is 6.92 Å². The Kier molecular flexibility index (Phi) is 5.04. The van der Waals surface area contributed by atoms with Gasteiger partial charge in [-0.1, -0.05) is 46.3 Å². The molecule has 0 aromatic heterocycles. The standard InChI is InChI=1S/C15H28O/c1-6-14-10(2)8-7-9-15(14)12(4)11(3)13(5)16/h7-8,10-16H,6,9H2,1-5H3. The van der Waals surface area contributed by atoms with Gasteiger partial charge >= 0.3 is 0 Å². The minimum Gasteiger partial charge on any atom is -0.393 e. The largest absolute Gasteiger partial charge is 0.393 e. The first-order valence-electron chi connectivity index (χ1n) is 6.83. The lowest BCUT2D eigenvalue weighted by molar-refractivity contribution is 0.0558. The van der Waals surface area contributed by atoms with Crippen LogP contribution in [0.25, 0.3) is 0 Å². The highest BCUT2D eigenvalue weighted by molar-refractivity contribution is 5.00. The van der Waals surface area contributed by atoms with Crippen molar-refractivity contribution in [2.24, 2.45) is 29.6 Å². The lowest BCUT2D eigenvalue weighted by atomic mass is 9.66. The second-order valence-corrected chi connectivity index (χ2v) is 5.72. The SMILES string of the molecule is CCC1C(C)C=CCC1C(C)C(C)C(C)O. The van der Waals surface area contributed by atoms with Crippen LogP contribution in [-0.4, -0.2) is 11.2 Å². The van der Waals surface area contributed by atoms with Crippen molar-refractivity contribution in [2.75, 3.05) is 0 Å². The Balaban J connectivity index is 2.74. The van der Waals surface area contributed by atoms with E-state index in [1.54, 1.807) is 0 Å². The van der Waals surface area contributed by atoms with Gasteiger partial charge < -0.3 is 5.11 Å². The van der Waals surface area contributed by atoms with Crippen molar-refractivity contribution < 1.29 is 5.11 Å². The Hall–Kier alpha value is -0.300. The fraction of sp³-hybridized carbons (Fsp3) is 0.867. The van der Waals surface area contributed by atoms with Crippen LogP contribution < -0.4 is 0 Å². The molecule has 1 heteroatoms. The predicted molar refractivity (Wildman–Crippen MR) is 70.2 cm³/mol. The maximum Gasteiger partial charge on any atom is 0.0540 e. The lowest BCUT2D eigenvalue weighted by Gasteiger charge is -2.39. The van der Waals surface area contributed by atoms with Crippen LogP contribution in [0.1, 0.15) is 47.5 Å². The maximum atomic E-state index is 9.73. The third kappa shape index (κ3) is 2.88. The van der Waals surface area contributed by atoms with Crippen LogP contribution >= 0.6 is 0 Å². The fourth-order valence-corrected chi connectivity index (χ4v) is 3.27. The topological polar surface area (TPSA) is 20.2 Å². The highest BCUT2D eigenvalue weighted by Gasteiger charge is 2.33. The van der Waals surface area contributed by atoms with Crippen LogP contribution in [-0.2, 0) is 0 Å². The highest BCUT2D eigenvalue weighted by atomic mass is 16.3. The molecule has 1 rings (SSSR count). The molecule has 0 spiro atoms. The summed E-state index contributed by atoms with van der Waals surface area (Å²) >= 11 is 0. The molecule has 1 aliphatic rings. The van der Waals surface area contributed by atoms with Gasteiger partial charge in [0, 0.05) is 0 Å². The van der Waals surface area contributed by atoms with Crippen LogP contribution in [0.2, 0.25) is 0 Å². The number of rotatable bonds is 4. The van der Waals surface area contributed by atoms with Crippen LogP contribution in [0.15, 0.2) is 12.2 Å². The molecule has 16 heavy (non-hydrogen) atoms. The third-order valence-corrected chi connectivity index (χ3v) is 4.81. The first-order valence-corrected chi connectivity index (χ1v) is 6.83. The van der Waals surface area contributed by atoms with Crippen LogP contribution in [0.5, 0.6) is 0 Å². The summed E-state index contributed by atoms with van der Waals surface area (Å²) in [6.07, 6.45) is 6.97. The van der Waals surface area contributed by atoms with E-state index >= 15 is 0 Å². The van der Waals surface area contributed by atoms with Gasteiger partial charge in [-0.2, -0.15) is 0 Å². The molecule has 0 saturated carbocycles. The van der Waals surface area contributed by atoms with Crippen molar-refractivity contribution in [2.45, 2.75) is 53.6 Å². The van der Waals surface area contributed by atoms with Gasteiger partial charge in [-0.15, -0.1) is 0 Å². The van der Waals surface area contributed by atoms with E-state index in [4.69, 9.17) is 0 Å². The summed E-state index contributed by atoms with van der Waals surface area (Å²) in [7, 11) is 0. The number of allylic oxidation sites excluding steroid dienone is 2. The molecular weight excluding hydrogens is 196 g/mol. The first kappa shape index (κ1) is 13.8. The average Bonchev–Trinajstić information content (AvgIpc) is 2.26. The Labute approximate surface area is 101 Å². The zero-order valence-corrected chi connectivity index (χ0v) is 11.5. The highest BCUT2D eigenvalue weighted by Crippen LogP contribution is 2.40. The summed E-state index contributed by atoms with van der Waals surface area (Å²) in [5.74, 6) is 3.25. The molecule has 0 heterocycles. The smallest absolute Gasteiger partial charge is 0.0540 e. The van der Waals surface area contributed by atoms with Gasteiger partial charge in [-0.05, 0) is 42.9 Å². The van der Waals surface area contributed by atoms with Gasteiger partial charge in [0.05, 0.1) is 6.10 Å². The third-order valence-electron chi connectivity index (χ3n) is 4.81. The van der Waals surface area contributed by atoms with Gasteiger partial charge in [0.2, 0.25) is 0 Å². The van der Waals surface area contributed by atoms with E-state index in [-0.39, 0.29) is 6.10 Å². The minimum absolute atomic E-state index is 0.186. The Morgan fingerprint density at radius 2 is 1.94 bits per heavy atom. The lowest BCUT2D eigenvalue weighted by Crippen LogP contribution is -2.34. The van der Waals surface area contributed by atoms with Crippen molar-refractivity contribution >= 4 is 0 Å². The molecule has 1 nitrogen and oxygen atoms in total. The molecule has 0 aliphatic heterocycles. The van der Waals surface area contributed by atoms with Crippen molar-refractivity contribution in [3.63, 3.8) is 0 Å². The molecule has 0 aromatic carbocycles. The molecule has 94 valence electrons. The van der Waals surface area contributed by atoms with Gasteiger partial charge in [-0.3, -0.25) is 0 Å². The zero-order chi connectivity index (χ0) is 12.3. The summed E-state index contributed by atoms with van der Waals surface area (Å²) in [6.45, 7) is 11.1. The second kappa shape index (κ2) is 5.86.